The van der Waals surface area contributed by atoms with Crippen molar-refractivity contribution in [2.45, 2.75) is 19.9 Å². The minimum Gasteiger partial charge on any atom is -0.490 e. The van der Waals surface area contributed by atoms with E-state index in [1.807, 2.05) is 37.3 Å². The van der Waals surface area contributed by atoms with Crippen LogP contribution in [0.25, 0.3) is 0 Å². The van der Waals surface area contributed by atoms with Gasteiger partial charge in [-0.25, -0.2) is 4.39 Å². The molecule has 0 fully saturated rings. The van der Waals surface area contributed by atoms with Gasteiger partial charge in [-0.3, -0.25) is 0 Å². The molecule has 0 saturated carbocycles. The number of benzene rings is 2. The quantitative estimate of drug-likeness (QED) is 0.495. The highest BCUT2D eigenvalue weighted by atomic mass is 35.5. The summed E-state index contributed by atoms with van der Waals surface area (Å²) < 4.78 is 24.8. The van der Waals surface area contributed by atoms with Gasteiger partial charge in [0.1, 0.15) is 12.4 Å². The van der Waals surface area contributed by atoms with Gasteiger partial charge >= 0.3 is 0 Å². The molecule has 1 N–H and O–H groups in total. The van der Waals surface area contributed by atoms with Crippen LogP contribution in [-0.2, 0) is 13.0 Å². The molecule has 0 spiro atoms. The van der Waals surface area contributed by atoms with Gasteiger partial charge in [-0.15, -0.1) is 12.4 Å². The topological polar surface area (TPSA) is 30.5 Å². The van der Waals surface area contributed by atoms with Gasteiger partial charge in [0, 0.05) is 6.54 Å². The van der Waals surface area contributed by atoms with Crippen LogP contribution in [0.2, 0.25) is 0 Å². The fourth-order valence-electron chi connectivity index (χ4n) is 2.36. The fourth-order valence-corrected chi connectivity index (χ4v) is 2.36. The zero-order valence-corrected chi connectivity index (χ0v) is 15.3. The lowest BCUT2D eigenvalue weighted by Crippen LogP contribution is -2.17. The van der Waals surface area contributed by atoms with Crippen LogP contribution in [0.15, 0.2) is 55.1 Å². The lowest BCUT2D eigenvalue weighted by molar-refractivity contribution is 0.296. The maximum Gasteiger partial charge on any atom is 0.161 e. The number of nitrogens with one attached hydrogen (secondary N) is 1. The number of hydrogen-bond acceptors (Lipinski definition) is 3. The standard InChI is InChI=1S/C20H24FNO2.ClH/c1-3-13-24-19-10-9-16(14-20(19)23-4-2)15-22-12-11-17-7-5-6-8-18(17)21;/h3,5-10,14,22H,1,4,11-13,15H2,2H3;1H. The third-order valence-corrected chi connectivity index (χ3v) is 3.52. The van der Waals surface area contributed by atoms with E-state index in [0.717, 1.165) is 16.9 Å². The van der Waals surface area contributed by atoms with Gasteiger partial charge in [0.15, 0.2) is 11.5 Å². The predicted molar refractivity (Wildman–Crippen MR) is 102 cm³/mol. The minimum atomic E-state index is -0.151. The second kappa shape index (κ2) is 11.5. The highest BCUT2D eigenvalue weighted by molar-refractivity contribution is 5.85. The molecule has 0 unspecified atom stereocenters. The maximum absolute atomic E-state index is 13.6. The van der Waals surface area contributed by atoms with E-state index in [-0.39, 0.29) is 18.2 Å². The summed E-state index contributed by atoms with van der Waals surface area (Å²) >= 11 is 0. The predicted octanol–water partition coefficient (Wildman–Crippen LogP) is 4.54. The van der Waals surface area contributed by atoms with Crippen LogP contribution in [0.5, 0.6) is 11.5 Å². The zero-order chi connectivity index (χ0) is 17.2. The van der Waals surface area contributed by atoms with E-state index in [1.54, 1.807) is 12.1 Å². The van der Waals surface area contributed by atoms with Crippen LogP contribution in [-0.4, -0.2) is 19.8 Å². The number of ether oxygens (including phenoxy) is 2. The van der Waals surface area contributed by atoms with Crippen molar-refractivity contribution in [3.8, 4) is 11.5 Å². The summed E-state index contributed by atoms with van der Waals surface area (Å²) in [6.45, 7) is 8.01. The summed E-state index contributed by atoms with van der Waals surface area (Å²) in [6, 6.07) is 12.7. The normalized spacial score (nSPS) is 10.0. The molecule has 2 aromatic carbocycles. The van der Waals surface area contributed by atoms with Crippen molar-refractivity contribution in [3.63, 3.8) is 0 Å². The van der Waals surface area contributed by atoms with Crippen molar-refractivity contribution in [3.05, 3.63) is 72.1 Å². The van der Waals surface area contributed by atoms with Crippen molar-refractivity contribution >= 4 is 12.4 Å². The summed E-state index contributed by atoms with van der Waals surface area (Å²) in [7, 11) is 0. The average molecular weight is 366 g/mol. The average Bonchev–Trinajstić information content (AvgIpc) is 2.59. The molecule has 0 aliphatic rings. The lowest BCUT2D eigenvalue weighted by Gasteiger charge is -2.13. The van der Waals surface area contributed by atoms with Gasteiger partial charge in [0.25, 0.3) is 0 Å². The molecule has 0 atom stereocenters. The van der Waals surface area contributed by atoms with Crippen LogP contribution < -0.4 is 14.8 Å². The molecule has 136 valence electrons. The first-order chi connectivity index (χ1) is 11.7. The number of halogens is 2. The largest absolute Gasteiger partial charge is 0.490 e. The summed E-state index contributed by atoms with van der Waals surface area (Å²) in [5.74, 6) is 1.29. The van der Waals surface area contributed by atoms with Crippen molar-refractivity contribution in [1.82, 2.24) is 5.32 Å². The van der Waals surface area contributed by atoms with E-state index in [4.69, 9.17) is 9.47 Å². The molecular formula is C20H25ClFNO2. The Balaban J connectivity index is 0.00000312. The van der Waals surface area contributed by atoms with Crippen molar-refractivity contribution in [1.29, 1.82) is 0 Å². The Hall–Kier alpha value is -2.04. The Morgan fingerprint density at radius 1 is 1.12 bits per heavy atom. The van der Waals surface area contributed by atoms with Crippen LogP contribution in [0, 0.1) is 5.82 Å². The van der Waals surface area contributed by atoms with Gasteiger partial charge in [-0.05, 0) is 49.2 Å². The second-order valence-electron chi connectivity index (χ2n) is 5.33. The molecule has 0 aliphatic carbocycles. The Bertz CT molecular complexity index is 664. The molecule has 2 aromatic rings. The first-order valence-corrected chi connectivity index (χ1v) is 8.18. The van der Waals surface area contributed by atoms with E-state index in [2.05, 4.69) is 11.9 Å². The van der Waals surface area contributed by atoms with Crippen LogP contribution in [0.1, 0.15) is 18.1 Å². The third-order valence-electron chi connectivity index (χ3n) is 3.52. The van der Waals surface area contributed by atoms with Gasteiger partial charge in [0.2, 0.25) is 0 Å². The molecule has 0 amide bonds. The number of rotatable bonds is 10. The fraction of sp³-hybridized carbons (Fsp3) is 0.300. The smallest absolute Gasteiger partial charge is 0.161 e. The first kappa shape index (κ1) is 21.0. The number of hydrogen-bond donors (Lipinski definition) is 1. The summed E-state index contributed by atoms with van der Waals surface area (Å²) in [5, 5.41) is 3.33. The monoisotopic (exact) mass is 365 g/mol. The van der Waals surface area contributed by atoms with E-state index in [1.165, 1.54) is 6.07 Å². The minimum absolute atomic E-state index is 0. The van der Waals surface area contributed by atoms with Gasteiger partial charge in [-0.1, -0.05) is 36.9 Å². The molecule has 0 heterocycles. The molecule has 25 heavy (non-hydrogen) atoms. The van der Waals surface area contributed by atoms with Crippen molar-refractivity contribution < 1.29 is 13.9 Å². The van der Waals surface area contributed by atoms with Crippen LogP contribution in [0.4, 0.5) is 4.39 Å². The van der Waals surface area contributed by atoms with Crippen molar-refractivity contribution in [2.75, 3.05) is 19.8 Å². The highest BCUT2D eigenvalue weighted by Gasteiger charge is 2.06. The molecule has 0 radical (unpaired) electrons. The molecule has 0 aliphatic heterocycles. The Morgan fingerprint density at radius 3 is 2.64 bits per heavy atom. The van der Waals surface area contributed by atoms with Gasteiger partial charge < -0.3 is 14.8 Å². The molecule has 0 bridgehead atoms. The second-order valence-corrected chi connectivity index (χ2v) is 5.33. The maximum atomic E-state index is 13.6. The molecular weight excluding hydrogens is 341 g/mol. The molecule has 2 rings (SSSR count). The van der Waals surface area contributed by atoms with Gasteiger partial charge in [-0.2, -0.15) is 0 Å². The summed E-state index contributed by atoms with van der Waals surface area (Å²) in [4.78, 5) is 0. The van der Waals surface area contributed by atoms with E-state index < -0.39 is 0 Å². The van der Waals surface area contributed by atoms with E-state index >= 15 is 0 Å². The Morgan fingerprint density at radius 2 is 1.92 bits per heavy atom. The van der Waals surface area contributed by atoms with Crippen LogP contribution in [0.3, 0.4) is 0 Å². The summed E-state index contributed by atoms with van der Waals surface area (Å²) in [5.41, 5.74) is 1.83. The molecule has 5 heteroatoms. The van der Waals surface area contributed by atoms with Crippen LogP contribution >= 0.6 is 12.4 Å². The van der Waals surface area contributed by atoms with Crippen molar-refractivity contribution in [2.24, 2.45) is 0 Å². The summed E-state index contributed by atoms with van der Waals surface area (Å²) in [6.07, 6.45) is 2.36. The highest BCUT2D eigenvalue weighted by Crippen LogP contribution is 2.28. The molecule has 0 saturated heterocycles. The van der Waals surface area contributed by atoms with E-state index in [9.17, 15) is 4.39 Å². The van der Waals surface area contributed by atoms with E-state index in [0.29, 0.717) is 38.5 Å². The first-order valence-electron chi connectivity index (χ1n) is 8.18. The molecule has 0 aromatic heterocycles. The Labute approximate surface area is 155 Å². The molecule has 3 nitrogen and oxygen atoms in total. The zero-order valence-electron chi connectivity index (χ0n) is 14.5. The Kier molecular flexibility index (Phi) is 9.66. The third kappa shape index (κ3) is 6.77. The van der Waals surface area contributed by atoms with Gasteiger partial charge in [0.05, 0.1) is 6.61 Å². The lowest BCUT2D eigenvalue weighted by atomic mass is 10.1. The SMILES string of the molecule is C=CCOc1ccc(CNCCc2ccccc2F)cc1OCC.Cl.